The first-order valence-corrected chi connectivity index (χ1v) is 10.3. The van der Waals surface area contributed by atoms with E-state index in [1.165, 1.54) is 0 Å². The van der Waals surface area contributed by atoms with Gasteiger partial charge >= 0.3 is 0 Å². The van der Waals surface area contributed by atoms with Crippen LogP contribution >= 0.6 is 0 Å². The zero-order chi connectivity index (χ0) is 19.8. The van der Waals surface area contributed by atoms with E-state index in [1.54, 1.807) is 0 Å². The molecule has 5 heteroatoms. The third kappa shape index (κ3) is 5.47. The molecule has 1 heterocycles. The minimum absolute atomic E-state index is 0.00249. The fourth-order valence-corrected chi connectivity index (χ4v) is 3.64. The Balaban J connectivity index is 1.86. The van der Waals surface area contributed by atoms with Crippen molar-refractivity contribution in [2.24, 2.45) is 5.92 Å². The van der Waals surface area contributed by atoms with Gasteiger partial charge in [0.05, 0.1) is 0 Å². The third-order valence-corrected chi connectivity index (χ3v) is 5.69. The van der Waals surface area contributed by atoms with Crippen molar-refractivity contribution >= 4 is 11.8 Å². The fourth-order valence-electron chi connectivity index (χ4n) is 3.64. The van der Waals surface area contributed by atoms with Crippen molar-refractivity contribution < 1.29 is 14.3 Å². The van der Waals surface area contributed by atoms with Crippen molar-refractivity contribution in [3.63, 3.8) is 0 Å². The molecular weight excluding hydrogens is 340 g/mol. The van der Waals surface area contributed by atoms with Gasteiger partial charge in [-0.1, -0.05) is 32.0 Å². The number of benzene rings is 1. The van der Waals surface area contributed by atoms with E-state index in [4.69, 9.17) is 4.74 Å². The maximum atomic E-state index is 12.6. The predicted molar refractivity (Wildman–Crippen MR) is 108 cm³/mol. The van der Waals surface area contributed by atoms with Gasteiger partial charge in [-0.15, -0.1) is 0 Å². The number of nitrogens with zero attached hydrogens (tertiary/aromatic N) is 2. The van der Waals surface area contributed by atoms with Gasteiger partial charge in [0.15, 0.2) is 6.61 Å². The molecule has 0 saturated carbocycles. The summed E-state index contributed by atoms with van der Waals surface area (Å²) in [6.45, 7) is 11.2. The number of ether oxygens (including phenoxy) is 1. The number of carbonyl (C=O) groups is 2. The molecule has 2 amide bonds. The highest BCUT2D eigenvalue weighted by Gasteiger charge is 2.29. The lowest BCUT2D eigenvalue weighted by Crippen LogP contribution is -2.45. The topological polar surface area (TPSA) is 49.9 Å². The number of hydrogen-bond acceptors (Lipinski definition) is 3. The van der Waals surface area contributed by atoms with Crippen LogP contribution in [0.15, 0.2) is 24.3 Å². The van der Waals surface area contributed by atoms with E-state index in [-0.39, 0.29) is 24.3 Å². The normalized spacial score (nSPS) is 16.1. The first kappa shape index (κ1) is 21.3. The molecule has 1 fully saturated rings. The molecule has 5 nitrogen and oxygen atoms in total. The van der Waals surface area contributed by atoms with Crippen LogP contribution in [-0.4, -0.2) is 54.4 Å². The fraction of sp³-hybridized carbons (Fsp3) is 0.636. The quantitative estimate of drug-likeness (QED) is 0.697. The van der Waals surface area contributed by atoms with Crippen LogP contribution in [0.25, 0.3) is 0 Å². The van der Waals surface area contributed by atoms with Crippen LogP contribution in [0, 0.1) is 5.92 Å². The average Bonchev–Trinajstić information content (AvgIpc) is 2.72. The Morgan fingerprint density at radius 3 is 2.37 bits per heavy atom. The minimum Gasteiger partial charge on any atom is -0.483 e. The van der Waals surface area contributed by atoms with Crippen LogP contribution in [0.1, 0.15) is 58.4 Å². The molecule has 150 valence electrons. The van der Waals surface area contributed by atoms with Gasteiger partial charge in [0.2, 0.25) is 5.91 Å². The molecule has 0 spiro atoms. The molecule has 0 bridgehead atoms. The summed E-state index contributed by atoms with van der Waals surface area (Å²) in [4.78, 5) is 28.7. The highest BCUT2D eigenvalue weighted by Crippen LogP contribution is 2.28. The Bertz CT molecular complexity index is 620. The monoisotopic (exact) mass is 374 g/mol. The molecule has 27 heavy (non-hydrogen) atoms. The van der Waals surface area contributed by atoms with Crippen molar-refractivity contribution in [1.29, 1.82) is 0 Å². The number of para-hydroxylation sites is 1. The summed E-state index contributed by atoms with van der Waals surface area (Å²) in [5.74, 6) is 1.47. The first-order chi connectivity index (χ1) is 13.0. The van der Waals surface area contributed by atoms with Crippen LogP contribution in [0.4, 0.5) is 0 Å². The van der Waals surface area contributed by atoms with Crippen LogP contribution in [0.2, 0.25) is 0 Å². The van der Waals surface area contributed by atoms with E-state index < -0.39 is 0 Å². The number of rotatable bonds is 8. The van der Waals surface area contributed by atoms with Crippen LogP contribution in [0.5, 0.6) is 5.75 Å². The van der Waals surface area contributed by atoms with Crippen molar-refractivity contribution in [1.82, 2.24) is 9.80 Å². The summed E-state index contributed by atoms with van der Waals surface area (Å²) < 4.78 is 5.86. The van der Waals surface area contributed by atoms with Crippen molar-refractivity contribution in [3.05, 3.63) is 29.8 Å². The van der Waals surface area contributed by atoms with E-state index >= 15 is 0 Å². The van der Waals surface area contributed by atoms with Crippen molar-refractivity contribution in [3.8, 4) is 5.75 Å². The standard InChI is InChI=1S/C22H34N2O3/c1-5-17(4)19-10-8-9-11-20(19)27-16-21(25)24-14-12-18(13-15-24)22(26)23(6-2)7-3/h8-11,17-18H,5-7,12-16H2,1-4H3. The molecule has 0 radical (unpaired) electrons. The van der Waals surface area contributed by atoms with Gasteiger partial charge in [-0.25, -0.2) is 0 Å². The van der Waals surface area contributed by atoms with Gasteiger partial charge in [0.25, 0.3) is 5.91 Å². The Labute approximate surface area is 163 Å². The second kappa shape index (κ2) is 10.3. The average molecular weight is 375 g/mol. The molecule has 1 aliphatic rings. The van der Waals surface area contributed by atoms with Gasteiger partial charge in [0.1, 0.15) is 5.75 Å². The van der Waals surface area contributed by atoms with E-state index in [2.05, 4.69) is 19.9 Å². The summed E-state index contributed by atoms with van der Waals surface area (Å²) in [5, 5.41) is 0. The summed E-state index contributed by atoms with van der Waals surface area (Å²) in [6, 6.07) is 7.95. The third-order valence-electron chi connectivity index (χ3n) is 5.69. The van der Waals surface area contributed by atoms with E-state index in [1.807, 2.05) is 41.8 Å². The number of likely N-dealkylation sites (tertiary alicyclic amines) is 1. The van der Waals surface area contributed by atoms with Crippen molar-refractivity contribution in [2.75, 3.05) is 32.8 Å². The van der Waals surface area contributed by atoms with E-state index in [0.29, 0.717) is 19.0 Å². The number of amides is 2. The second-order valence-electron chi connectivity index (χ2n) is 7.30. The molecular formula is C22H34N2O3. The zero-order valence-corrected chi connectivity index (χ0v) is 17.2. The summed E-state index contributed by atoms with van der Waals surface area (Å²) in [6.07, 6.45) is 2.51. The lowest BCUT2D eigenvalue weighted by Gasteiger charge is -2.33. The second-order valence-corrected chi connectivity index (χ2v) is 7.30. The Morgan fingerprint density at radius 2 is 1.78 bits per heavy atom. The lowest BCUT2D eigenvalue weighted by molar-refractivity contribution is -0.141. The van der Waals surface area contributed by atoms with Gasteiger partial charge < -0.3 is 14.5 Å². The number of hydrogen-bond donors (Lipinski definition) is 0. The number of carbonyl (C=O) groups excluding carboxylic acids is 2. The van der Waals surface area contributed by atoms with E-state index in [9.17, 15) is 9.59 Å². The van der Waals surface area contributed by atoms with Crippen LogP contribution < -0.4 is 4.74 Å². The van der Waals surface area contributed by atoms with Crippen LogP contribution in [0.3, 0.4) is 0 Å². The van der Waals surface area contributed by atoms with Gasteiger partial charge in [-0.2, -0.15) is 0 Å². The van der Waals surface area contributed by atoms with Crippen LogP contribution in [-0.2, 0) is 9.59 Å². The summed E-state index contributed by atoms with van der Waals surface area (Å²) in [7, 11) is 0. The molecule has 1 atom stereocenters. The summed E-state index contributed by atoms with van der Waals surface area (Å²) >= 11 is 0. The minimum atomic E-state index is 0.00249. The molecule has 0 aromatic heterocycles. The summed E-state index contributed by atoms with van der Waals surface area (Å²) in [5.41, 5.74) is 1.15. The molecule has 1 aromatic carbocycles. The smallest absolute Gasteiger partial charge is 0.260 e. The Kier molecular flexibility index (Phi) is 8.14. The molecule has 1 unspecified atom stereocenters. The van der Waals surface area contributed by atoms with E-state index in [0.717, 1.165) is 43.7 Å². The Morgan fingerprint density at radius 1 is 1.15 bits per heavy atom. The van der Waals surface area contributed by atoms with Gasteiger partial charge in [-0.3, -0.25) is 9.59 Å². The largest absolute Gasteiger partial charge is 0.483 e. The van der Waals surface area contributed by atoms with Gasteiger partial charge in [-0.05, 0) is 50.7 Å². The lowest BCUT2D eigenvalue weighted by atomic mass is 9.95. The predicted octanol–water partition coefficient (Wildman–Crippen LogP) is 3.69. The highest BCUT2D eigenvalue weighted by atomic mass is 16.5. The number of piperidine rings is 1. The molecule has 0 aliphatic carbocycles. The maximum Gasteiger partial charge on any atom is 0.260 e. The molecule has 0 N–H and O–H groups in total. The first-order valence-electron chi connectivity index (χ1n) is 10.3. The van der Waals surface area contributed by atoms with Crippen molar-refractivity contribution in [2.45, 2.75) is 52.9 Å². The highest BCUT2D eigenvalue weighted by molar-refractivity contribution is 5.80. The Hall–Kier alpha value is -2.04. The maximum absolute atomic E-state index is 12.6. The molecule has 1 saturated heterocycles. The SMILES string of the molecule is CCC(C)c1ccccc1OCC(=O)N1CCC(C(=O)N(CC)CC)CC1. The molecule has 1 aliphatic heterocycles. The zero-order valence-electron chi connectivity index (χ0n) is 17.2. The molecule has 1 aromatic rings. The van der Waals surface area contributed by atoms with Gasteiger partial charge in [0, 0.05) is 32.1 Å². The molecule has 2 rings (SSSR count).